The zero-order chi connectivity index (χ0) is 20.2. The van der Waals surface area contributed by atoms with Crippen molar-refractivity contribution < 1.29 is 18.0 Å². The SMILES string of the molecule is O=C(CCSc1nc(-c2ccco2)c(-c2ccco2)[nH]1)Nc1ccc(Br)cc1F. The number of aromatic amines is 1. The Labute approximate surface area is 178 Å². The molecule has 2 N–H and O–H groups in total. The molecular formula is C20H15BrFN3O3S. The highest BCUT2D eigenvalue weighted by Gasteiger charge is 2.18. The number of benzene rings is 1. The van der Waals surface area contributed by atoms with Gasteiger partial charge in [0.05, 0.1) is 18.2 Å². The van der Waals surface area contributed by atoms with Crippen LogP contribution in [-0.4, -0.2) is 21.6 Å². The molecule has 9 heteroatoms. The zero-order valence-electron chi connectivity index (χ0n) is 14.9. The van der Waals surface area contributed by atoms with Gasteiger partial charge in [-0.1, -0.05) is 27.7 Å². The number of rotatable bonds is 7. The molecule has 1 amide bonds. The summed E-state index contributed by atoms with van der Waals surface area (Å²) in [5.41, 5.74) is 1.49. The number of hydrogen-bond donors (Lipinski definition) is 2. The van der Waals surface area contributed by atoms with Crippen LogP contribution in [0.1, 0.15) is 6.42 Å². The Hall–Kier alpha value is -2.78. The van der Waals surface area contributed by atoms with Crippen molar-refractivity contribution in [3.05, 3.63) is 65.3 Å². The maximum absolute atomic E-state index is 13.8. The lowest BCUT2D eigenvalue weighted by Gasteiger charge is -2.06. The second kappa shape index (κ2) is 8.71. The molecule has 0 bridgehead atoms. The molecule has 1 aromatic carbocycles. The van der Waals surface area contributed by atoms with Crippen molar-refractivity contribution in [2.24, 2.45) is 0 Å². The Morgan fingerprint density at radius 3 is 2.62 bits per heavy atom. The van der Waals surface area contributed by atoms with E-state index in [0.717, 1.165) is 0 Å². The summed E-state index contributed by atoms with van der Waals surface area (Å²) in [5, 5.41) is 3.21. The van der Waals surface area contributed by atoms with E-state index in [0.29, 0.717) is 38.3 Å². The molecule has 0 aliphatic heterocycles. The number of carbonyl (C=O) groups is 1. The maximum Gasteiger partial charge on any atom is 0.225 e. The minimum absolute atomic E-state index is 0.154. The van der Waals surface area contributed by atoms with E-state index in [4.69, 9.17) is 8.83 Å². The summed E-state index contributed by atoms with van der Waals surface area (Å²) in [5.74, 6) is 0.953. The first-order valence-electron chi connectivity index (χ1n) is 8.65. The minimum Gasteiger partial charge on any atom is -0.463 e. The third-order valence-electron chi connectivity index (χ3n) is 3.98. The van der Waals surface area contributed by atoms with Gasteiger partial charge >= 0.3 is 0 Å². The minimum atomic E-state index is -0.488. The van der Waals surface area contributed by atoms with Gasteiger partial charge in [0.2, 0.25) is 5.91 Å². The lowest BCUT2D eigenvalue weighted by atomic mass is 10.2. The third kappa shape index (κ3) is 4.63. The van der Waals surface area contributed by atoms with Crippen LogP contribution in [0.25, 0.3) is 22.9 Å². The molecule has 0 aliphatic carbocycles. The standard InChI is InChI=1S/C20H15BrFN3O3S/c21-12-5-6-14(13(22)11-12)23-17(26)7-10-29-20-24-18(15-3-1-8-27-15)19(25-20)16-4-2-9-28-16/h1-6,8-9,11H,7,10H2,(H,23,26)(H,24,25). The fraction of sp³-hybridized carbons (Fsp3) is 0.100. The van der Waals surface area contributed by atoms with Crippen LogP contribution in [0, 0.1) is 5.82 Å². The number of nitrogens with one attached hydrogen (secondary N) is 2. The Balaban J connectivity index is 1.41. The topological polar surface area (TPSA) is 84.1 Å². The number of aromatic nitrogens is 2. The highest BCUT2D eigenvalue weighted by molar-refractivity contribution is 9.10. The van der Waals surface area contributed by atoms with Crippen molar-refractivity contribution in [3.63, 3.8) is 0 Å². The maximum atomic E-state index is 13.8. The summed E-state index contributed by atoms with van der Waals surface area (Å²) < 4.78 is 25.4. The second-order valence-corrected chi connectivity index (χ2v) is 7.99. The fourth-order valence-electron chi connectivity index (χ4n) is 2.65. The lowest BCUT2D eigenvalue weighted by Crippen LogP contribution is -2.13. The summed E-state index contributed by atoms with van der Waals surface area (Å²) in [6.07, 6.45) is 3.36. The Morgan fingerprint density at radius 1 is 1.17 bits per heavy atom. The molecule has 0 unspecified atom stereocenters. The van der Waals surface area contributed by atoms with Gasteiger partial charge in [0.15, 0.2) is 16.7 Å². The molecule has 6 nitrogen and oxygen atoms in total. The second-order valence-electron chi connectivity index (χ2n) is 5.99. The van der Waals surface area contributed by atoms with Gasteiger partial charge in [0.1, 0.15) is 17.2 Å². The predicted octanol–water partition coefficient (Wildman–Crippen LogP) is 5.95. The van der Waals surface area contributed by atoms with Crippen LogP contribution < -0.4 is 5.32 Å². The number of imidazole rings is 1. The summed E-state index contributed by atoms with van der Waals surface area (Å²) in [6, 6.07) is 11.7. The molecule has 0 saturated carbocycles. The molecule has 148 valence electrons. The lowest BCUT2D eigenvalue weighted by molar-refractivity contribution is -0.115. The molecule has 29 heavy (non-hydrogen) atoms. The molecule has 3 aromatic heterocycles. The summed E-state index contributed by atoms with van der Waals surface area (Å²) in [4.78, 5) is 19.9. The van der Waals surface area contributed by atoms with E-state index >= 15 is 0 Å². The van der Waals surface area contributed by atoms with Crippen LogP contribution in [0.4, 0.5) is 10.1 Å². The first kappa shape index (κ1) is 19.5. The van der Waals surface area contributed by atoms with Crippen molar-refractivity contribution in [3.8, 4) is 22.9 Å². The molecule has 0 atom stereocenters. The molecule has 0 aliphatic rings. The molecule has 0 radical (unpaired) electrons. The number of furan rings is 2. The van der Waals surface area contributed by atoms with E-state index in [1.807, 2.05) is 12.1 Å². The normalized spacial score (nSPS) is 11.0. The smallest absolute Gasteiger partial charge is 0.225 e. The van der Waals surface area contributed by atoms with Gasteiger partial charge in [-0.2, -0.15) is 0 Å². The van der Waals surface area contributed by atoms with Crippen molar-refractivity contribution >= 4 is 39.3 Å². The van der Waals surface area contributed by atoms with E-state index in [2.05, 4.69) is 31.2 Å². The number of amides is 1. The van der Waals surface area contributed by atoms with E-state index < -0.39 is 5.82 Å². The Morgan fingerprint density at radius 2 is 1.93 bits per heavy atom. The molecule has 0 saturated heterocycles. The number of H-pyrrole nitrogens is 1. The monoisotopic (exact) mass is 475 g/mol. The van der Waals surface area contributed by atoms with E-state index in [1.54, 1.807) is 30.7 Å². The first-order chi connectivity index (χ1) is 14.1. The molecule has 3 heterocycles. The van der Waals surface area contributed by atoms with Crippen LogP contribution in [0.2, 0.25) is 0 Å². The highest BCUT2D eigenvalue weighted by Crippen LogP contribution is 2.33. The Bertz CT molecular complexity index is 1060. The molecule has 0 spiro atoms. The summed E-state index contributed by atoms with van der Waals surface area (Å²) in [6.45, 7) is 0. The van der Waals surface area contributed by atoms with Crippen molar-refractivity contribution in [2.75, 3.05) is 11.1 Å². The van der Waals surface area contributed by atoms with Crippen LogP contribution in [-0.2, 0) is 4.79 Å². The molecule has 4 rings (SSSR count). The van der Waals surface area contributed by atoms with E-state index in [1.165, 1.54) is 23.9 Å². The largest absolute Gasteiger partial charge is 0.463 e. The number of thioether (sulfide) groups is 1. The number of anilines is 1. The average molecular weight is 476 g/mol. The number of halogens is 2. The summed E-state index contributed by atoms with van der Waals surface area (Å²) in [7, 11) is 0. The summed E-state index contributed by atoms with van der Waals surface area (Å²) >= 11 is 4.57. The van der Waals surface area contributed by atoms with Crippen LogP contribution in [0.3, 0.4) is 0 Å². The van der Waals surface area contributed by atoms with Crippen molar-refractivity contribution in [1.29, 1.82) is 0 Å². The molecule has 4 aromatic rings. The van der Waals surface area contributed by atoms with Gasteiger partial charge in [-0.3, -0.25) is 4.79 Å². The average Bonchev–Trinajstić information content (AvgIpc) is 3.45. The van der Waals surface area contributed by atoms with Gasteiger partial charge in [-0.05, 0) is 42.5 Å². The van der Waals surface area contributed by atoms with Gasteiger partial charge in [0.25, 0.3) is 0 Å². The Kier molecular flexibility index (Phi) is 5.86. The molecule has 0 fully saturated rings. The number of nitrogens with zero attached hydrogens (tertiary/aromatic N) is 1. The third-order valence-corrected chi connectivity index (χ3v) is 5.35. The fourth-order valence-corrected chi connectivity index (χ4v) is 3.80. The van der Waals surface area contributed by atoms with E-state index in [-0.39, 0.29) is 18.0 Å². The predicted molar refractivity (Wildman–Crippen MR) is 112 cm³/mol. The van der Waals surface area contributed by atoms with Crippen LogP contribution in [0.15, 0.2) is 73.5 Å². The van der Waals surface area contributed by atoms with E-state index in [9.17, 15) is 9.18 Å². The van der Waals surface area contributed by atoms with Crippen molar-refractivity contribution in [1.82, 2.24) is 9.97 Å². The van der Waals surface area contributed by atoms with Gasteiger partial charge < -0.3 is 19.1 Å². The van der Waals surface area contributed by atoms with Gasteiger partial charge in [-0.25, -0.2) is 9.37 Å². The number of carbonyl (C=O) groups excluding carboxylic acids is 1. The highest BCUT2D eigenvalue weighted by atomic mass is 79.9. The first-order valence-corrected chi connectivity index (χ1v) is 10.4. The number of hydrogen-bond acceptors (Lipinski definition) is 5. The van der Waals surface area contributed by atoms with Crippen LogP contribution in [0.5, 0.6) is 0 Å². The quantitative estimate of drug-likeness (QED) is 0.322. The van der Waals surface area contributed by atoms with Crippen LogP contribution >= 0.6 is 27.7 Å². The van der Waals surface area contributed by atoms with Gasteiger partial charge in [0, 0.05) is 16.6 Å². The van der Waals surface area contributed by atoms with Crippen molar-refractivity contribution in [2.45, 2.75) is 11.6 Å². The zero-order valence-corrected chi connectivity index (χ0v) is 17.3. The van der Waals surface area contributed by atoms with Gasteiger partial charge in [-0.15, -0.1) is 0 Å². The molecular weight excluding hydrogens is 461 g/mol.